The van der Waals surface area contributed by atoms with Gasteiger partial charge in [-0.25, -0.2) is 0 Å². The highest BCUT2D eigenvalue weighted by molar-refractivity contribution is 6.34. The van der Waals surface area contributed by atoms with Crippen molar-refractivity contribution in [2.75, 3.05) is 44.3 Å². The maximum atomic E-state index is 13.9. The number of nitro groups is 1. The Hall–Kier alpha value is -3.66. The van der Waals surface area contributed by atoms with Crippen LogP contribution in [0.5, 0.6) is 0 Å². The van der Waals surface area contributed by atoms with Gasteiger partial charge >= 0.3 is 0 Å². The number of nitrogens with zero attached hydrogens (tertiary/aromatic N) is 5. The van der Waals surface area contributed by atoms with Crippen molar-refractivity contribution in [2.45, 2.75) is 37.6 Å². The minimum absolute atomic E-state index is 0.0229. The van der Waals surface area contributed by atoms with E-state index in [0.717, 1.165) is 38.0 Å². The number of piperidine rings is 2. The second-order valence-electron chi connectivity index (χ2n) is 10.1. The Bertz CT molecular complexity index is 1240. The first kappa shape index (κ1) is 26.0. The molecule has 3 fully saturated rings. The maximum absolute atomic E-state index is 13.9. The number of hydrogen-bond acceptors (Lipinski definition) is 6. The van der Waals surface area contributed by atoms with Crippen LogP contribution in [0.1, 0.15) is 42.5 Å². The zero-order valence-electron chi connectivity index (χ0n) is 21.1. The van der Waals surface area contributed by atoms with E-state index in [0.29, 0.717) is 32.6 Å². The predicted octanol–water partition coefficient (Wildman–Crippen LogP) is 3.54. The molecule has 2 aromatic rings. The molecular weight excluding hydrogens is 510 g/mol. The molecule has 3 aliphatic rings. The lowest BCUT2D eigenvalue weighted by molar-refractivity contribution is -0.384. The van der Waals surface area contributed by atoms with Crippen LogP contribution in [0.2, 0.25) is 5.02 Å². The largest absolute Gasteiger partial charge is 0.341 e. The van der Waals surface area contributed by atoms with Crippen LogP contribution in [-0.4, -0.2) is 82.3 Å². The van der Waals surface area contributed by atoms with Crippen molar-refractivity contribution in [3.63, 3.8) is 0 Å². The number of non-ortho nitro benzene ring substituents is 1. The van der Waals surface area contributed by atoms with Crippen LogP contribution in [-0.2, 0) is 9.59 Å². The molecule has 0 saturated carbocycles. The van der Waals surface area contributed by atoms with Gasteiger partial charge in [0.25, 0.3) is 17.5 Å². The SMILES string of the molecule is O=C(CN1CN(c2ccccc2)C2(CCN(C(=O)c3ccc([N+](=O)[O-])cc3Cl)CC2)C1=O)N1CCCCC1. The van der Waals surface area contributed by atoms with Gasteiger partial charge < -0.3 is 19.6 Å². The molecule has 10 nitrogen and oxygen atoms in total. The zero-order valence-corrected chi connectivity index (χ0v) is 21.8. The number of amides is 3. The molecule has 2 aromatic carbocycles. The Morgan fingerprint density at radius 1 is 0.947 bits per heavy atom. The van der Waals surface area contributed by atoms with E-state index >= 15 is 0 Å². The van der Waals surface area contributed by atoms with Crippen molar-refractivity contribution in [3.8, 4) is 0 Å². The van der Waals surface area contributed by atoms with Crippen LogP contribution in [0.3, 0.4) is 0 Å². The summed E-state index contributed by atoms with van der Waals surface area (Å²) in [5.41, 5.74) is 0.0459. The van der Waals surface area contributed by atoms with E-state index in [-0.39, 0.29) is 40.5 Å². The number of carbonyl (C=O) groups excluding carboxylic acids is 3. The first-order chi connectivity index (χ1) is 18.3. The number of benzene rings is 2. The second-order valence-corrected chi connectivity index (χ2v) is 10.5. The van der Waals surface area contributed by atoms with Gasteiger partial charge in [0, 0.05) is 44.0 Å². The molecule has 0 bridgehead atoms. The van der Waals surface area contributed by atoms with Gasteiger partial charge in [-0.1, -0.05) is 29.8 Å². The number of nitro benzene ring substituents is 1. The molecule has 3 saturated heterocycles. The molecule has 38 heavy (non-hydrogen) atoms. The Kier molecular flexibility index (Phi) is 7.25. The molecule has 0 N–H and O–H groups in total. The summed E-state index contributed by atoms with van der Waals surface area (Å²) in [4.78, 5) is 57.8. The van der Waals surface area contributed by atoms with Crippen LogP contribution in [0.15, 0.2) is 48.5 Å². The summed E-state index contributed by atoms with van der Waals surface area (Å²) in [6, 6.07) is 13.5. The molecule has 3 aliphatic heterocycles. The van der Waals surface area contributed by atoms with Crippen molar-refractivity contribution in [1.29, 1.82) is 0 Å². The predicted molar refractivity (Wildman–Crippen MR) is 142 cm³/mol. The zero-order chi connectivity index (χ0) is 26.9. The summed E-state index contributed by atoms with van der Waals surface area (Å²) >= 11 is 6.21. The van der Waals surface area contributed by atoms with E-state index in [4.69, 9.17) is 11.6 Å². The van der Waals surface area contributed by atoms with Crippen molar-refractivity contribution in [3.05, 3.63) is 69.2 Å². The van der Waals surface area contributed by atoms with Crippen molar-refractivity contribution >= 4 is 40.7 Å². The fourth-order valence-electron chi connectivity index (χ4n) is 5.77. The minimum atomic E-state index is -0.862. The van der Waals surface area contributed by atoms with Gasteiger partial charge in [-0.3, -0.25) is 24.5 Å². The summed E-state index contributed by atoms with van der Waals surface area (Å²) in [7, 11) is 0. The molecule has 0 atom stereocenters. The first-order valence-electron chi connectivity index (χ1n) is 12.9. The molecular formula is C27H30ClN5O5. The standard InChI is InChI=1S/C27H30ClN5O5/c28-23-17-21(33(37)38)9-10-22(23)25(35)30-15-11-27(12-16-30)26(36)31(18-24(34)29-13-5-2-6-14-29)19-32(27)20-7-3-1-4-8-20/h1,3-4,7-10,17H,2,5-6,11-16,18-19H2. The smallest absolute Gasteiger partial charge is 0.270 e. The Morgan fingerprint density at radius 2 is 1.63 bits per heavy atom. The summed E-state index contributed by atoms with van der Waals surface area (Å²) in [6.07, 6.45) is 3.89. The Labute approximate surface area is 225 Å². The molecule has 5 rings (SSSR count). The average Bonchev–Trinajstić information content (AvgIpc) is 3.20. The number of halogens is 1. The van der Waals surface area contributed by atoms with Gasteiger partial charge in [0.2, 0.25) is 5.91 Å². The molecule has 200 valence electrons. The normalized spacial score (nSPS) is 19.2. The average molecular weight is 540 g/mol. The first-order valence-corrected chi connectivity index (χ1v) is 13.3. The van der Waals surface area contributed by atoms with Gasteiger partial charge in [0.15, 0.2) is 0 Å². The van der Waals surface area contributed by atoms with Gasteiger partial charge in [-0.05, 0) is 50.3 Å². The highest BCUT2D eigenvalue weighted by Crippen LogP contribution is 2.40. The molecule has 0 unspecified atom stereocenters. The van der Waals surface area contributed by atoms with Crippen LogP contribution in [0.4, 0.5) is 11.4 Å². The number of anilines is 1. The number of hydrogen-bond donors (Lipinski definition) is 0. The summed E-state index contributed by atoms with van der Waals surface area (Å²) in [6.45, 7) is 2.45. The Balaban J connectivity index is 1.34. The monoisotopic (exact) mass is 539 g/mol. The lowest BCUT2D eigenvalue weighted by Crippen LogP contribution is -2.57. The van der Waals surface area contributed by atoms with Crippen LogP contribution in [0, 0.1) is 10.1 Å². The minimum Gasteiger partial charge on any atom is -0.341 e. The molecule has 3 amide bonds. The number of rotatable bonds is 5. The third-order valence-corrected chi connectivity index (χ3v) is 8.20. The highest BCUT2D eigenvalue weighted by atomic mass is 35.5. The maximum Gasteiger partial charge on any atom is 0.270 e. The fourth-order valence-corrected chi connectivity index (χ4v) is 6.03. The second kappa shape index (κ2) is 10.6. The van der Waals surface area contributed by atoms with Crippen LogP contribution >= 0.6 is 11.6 Å². The number of likely N-dealkylation sites (tertiary alicyclic amines) is 2. The van der Waals surface area contributed by atoms with Crippen molar-refractivity contribution in [2.24, 2.45) is 0 Å². The van der Waals surface area contributed by atoms with Gasteiger partial charge in [-0.15, -0.1) is 0 Å². The number of para-hydroxylation sites is 1. The molecule has 11 heteroatoms. The molecule has 0 aromatic heterocycles. The quantitative estimate of drug-likeness (QED) is 0.425. The molecule has 3 heterocycles. The van der Waals surface area contributed by atoms with Gasteiger partial charge in [0.05, 0.1) is 22.2 Å². The molecule has 1 spiro atoms. The lowest BCUT2D eigenvalue weighted by Gasteiger charge is -2.43. The number of carbonyl (C=O) groups is 3. The van der Waals surface area contributed by atoms with E-state index in [9.17, 15) is 24.5 Å². The summed E-state index contributed by atoms with van der Waals surface area (Å²) in [5.74, 6) is -0.440. The van der Waals surface area contributed by atoms with Crippen molar-refractivity contribution in [1.82, 2.24) is 14.7 Å². The van der Waals surface area contributed by atoms with Gasteiger partial charge in [-0.2, -0.15) is 0 Å². The third-order valence-electron chi connectivity index (χ3n) is 7.89. The Morgan fingerprint density at radius 3 is 2.26 bits per heavy atom. The summed E-state index contributed by atoms with van der Waals surface area (Å²) in [5, 5.41) is 11.1. The van der Waals surface area contributed by atoms with E-state index < -0.39 is 10.5 Å². The van der Waals surface area contributed by atoms with Crippen LogP contribution < -0.4 is 4.90 Å². The van der Waals surface area contributed by atoms with E-state index in [2.05, 4.69) is 4.90 Å². The fraction of sp³-hybridized carbons (Fsp3) is 0.444. The third kappa shape index (κ3) is 4.80. The van der Waals surface area contributed by atoms with E-state index in [1.807, 2.05) is 35.2 Å². The van der Waals surface area contributed by atoms with Crippen molar-refractivity contribution < 1.29 is 19.3 Å². The van der Waals surface area contributed by atoms with Gasteiger partial charge in [0.1, 0.15) is 12.1 Å². The lowest BCUT2D eigenvalue weighted by atomic mass is 9.85. The highest BCUT2D eigenvalue weighted by Gasteiger charge is 2.54. The van der Waals surface area contributed by atoms with Crippen LogP contribution in [0.25, 0.3) is 0 Å². The topological polar surface area (TPSA) is 107 Å². The molecule has 0 radical (unpaired) electrons. The van der Waals surface area contributed by atoms with E-state index in [1.165, 1.54) is 18.2 Å². The molecule has 0 aliphatic carbocycles. The van der Waals surface area contributed by atoms with E-state index in [1.54, 1.807) is 9.80 Å². The summed E-state index contributed by atoms with van der Waals surface area (Å²) < 4.78 is 0.